The molecule has 0 atom stereocenters. The molecule has 7 nitrogen and oxygen atoms in total. The first kappa shape index (κ1) is 16.2. The Labute approximate surface area is 146 Å². The summed E-state index contributed by atoms with van der Waals surface area (Å²) in [5.41, 5.74) is 1.40. The van der Waals surface area contributed by atoms with Gasteiger partial charge in [-0.25, -0.2) is 0 Å². The lowest BCUT2D eigenvalue weighted by molar-refractivity contribution is 0.0568. The quantitative estimate of drug-likeness (QED) is 0.716. The van der Waals surface area contributed by atoms with Gasteiger partial charge >= 0.3 is 0 Å². The van der Waals surface area contributed by atoms with Crippen LogP contribution in [-0.2, 0) is 11.2 Å². The molecule has 1 saturated heterocycles. The zero-order valence-electron chi connectivity index (χ0n) is 14.4. The van der Waals surface area contributed by atoms with Crippen molar-refractivity contribution in [3.63, 3.8) is 0 Å². The summed E-state index contributed by atoms with van der Waals surface area (Å²) in [6.45, 7) is 4.53. The van der Waals surface area contributed by atoms with Crippen LogP contribution in [0.5, 0.6) is 0 Å². The predicted octanol–water partition coefficient (Wildman–Crippen LogP) is 1.98. The number of hydrogen-bond acceptors (Lipinski definition) is 6. The lowest BCUT2D eigenvalue weighted by Gasteiger charge is -2.37. The maximum atomic E-state index is 12.5. The van der Waals surface area contributed by atoms with Crippen LogP contribution >= 0.6 is 0 Å². The summed E-state index contributed by atoms with van der Waals surface area (Å²) in [7, 11) is 0. The number of rotatable bonds is 7. The molecule has 2 aromatic rings. The van der Waals surface area contributed by atoms with E-state index in [9.17, 15) is 4.79 Å². The molecule has 0 N–H and O–H groups in total. The summed E-state index contributed by atoms with van der Waals surface area (Å²) in [4.78, 5) is 22.9. The highest BCUT2D eigenvalue weighted by Crippen LogP contribution is 2.29. The Bertz CT molecular complexity index is 750. The highest BCUT2D eigenvalue weighted by atomic mass is 16.5. The van der Waals surface area contributed by atoms with Gasteiger partial charge in [-0.15, -0.1) is 0 Å². The molecule has 132 valence electrons. The Hall–Kier alpha value is -2.28. The molecule has 1 aliphatic heterocycles. The molecule has 2 fully saturated rings. The molecule has 1 saturated carbocycles. The summed E-state index contributed by atoms with van der Waals surface area (Å²) >= 11 is 0. The van der Waals surface area contributed by atoms with Gasteiger partial charge in [-0.2, -0.15) is 4.98 Å². The summed E-state index contributed by atoms with van der Waals surface area (Å²) < 4.78 is 10.9. The van der Waals surface area contributed by atoms with Crippen molar-refractivity contribution in [3.05, 3.63) is 41.3 Å². The van der Waals surface area contributed by atoms with Gasteiger partial charge in [0.05, 0.1) is 18.1 Å². The molecule has 0 spiro atoms. The van der Waals surface area contributed by atoms with Crippen LogP contribution in [0.4, 0.5) is 0 Å². The smallest absolute Gasteiger partial charge is 0.255 e. The minimum Gasteiger partial charge on any atom is -0.381 e. The van der Waals surface area contributed by atoms with E-state index in [0.717, 1.165) is 18.2 Å². The number of nitrogens with zero attached hydrogens (tertiary/aromatic N) is 4. The van der Waals surface area contributed by atoms with E-state index in [1.807, 2.05) is 13.0 Å². The van der Waals surface area contributed by atoms with E-state index in [-0.39, 0.29) is 11.8 Å². The van der Waals surface area contributed by atoms with Crippen LogP contribution in [0.1, 0.15) is 46.5 Å². The second kappa shape index (κ2) is 6.92. The van der Waals surface area contributed by atoms with E-state index in [1.165, 1.54) is 12.8 Å². The highest BCUT2D eigenvalue weighted by molar-refractivity contribution is 5.95. The van der Waals surface area contributed by atoms with Gasteiger partial charge in [-0.3, -0.25) is 9.78 Å². The fraction of sp³-hybridized carbons (Fsp3) is 0.556. The fourth-order valence-electron chi connectivity index (χ4n) is 2.91. The average molecular weight is 342 g/mol. The molecule has 3 heterocycles. The van der Waals surface area contributed by atoms with E-state index in [1.54, 1.807) is 17.2 Å². The normalized spacial score (nSPS) is 17.6. The van der Waals surface area contributed by atoms with Crippen molar-refractivity contribution in [2.24, 2.45) is 5.92 Å². The first-order valence-corrected chi connectivity index (χ1v) is 8.82. The summed E-state index contributed by atoms with van der Waals surface area (Å²) in [6, 6.07) is 3.59. The number of aryl methyl sites for hydroxylation is 1. The van der Waals surface area contributed by atoms with Gasteiger partial charge in [-0.1, -0.05) is 5.16 Å². The van der Waals surface area contributed by atoms with Crippen molar-refractivity contribution >= 4 is 5.91 Å². The second-order valence-corrected chi connectivity index (χ2v) is 6.86. The molecule has 4 rings (SSSR count). The molecular formula is C18H22N4O3. The Kier molecular flexibility index (Phi) is 4.48. The van der Waals surface area contributed by atoms with Gasteiger partial charge < -0.3 is 14.2 Å². The molecule has 1 aliphatic carbocycles. The Morgan fingerprint density at radius 2 is 2.24 bits per heavy atom. The lowest BCUT2D eigenvalue weighted by atomic mass is 9.98. The van der Waals surface area contributed by atoms with Crippen molar-refractivity contribution in [1.29, 1.82) is 0 Å². The number of aromatic nitrogens is 3. The van der Waals surface area contributed by atoms with Crippen molar-refractivity contribution in [3.8, 4) is 0 Å². The monoisotopic (exact) mass is 342 g/mol. The standard InChI is InChI=1S/C18H22N4O3/c1-12-15(3-2-7-19-12)18(23)22-9-14(10-22)17-20-16(21-25-17)6-8-24-11-13-4-5-13/h2-3,7,13-14H,4-6,8-11H2,1H3. The van der Waals surface area contributed by atoms with Crippen LogP contribution in [0.2, 0.25) is 0 Å². The molecule has 2 aliphatic rings. The third-order valence-corrected chi connectivity index (χ3v) is 4.76. The van der Waals surface area contributed by atoms with Crippen LogP contribution in [0.25, 0.3) is 0 Å². The molecule has 25 heavy (non-hydrogen) atoms. The van der Waals surface area contributed by atoms with E-state index in [4.69, 9.17) is 9.26 Å². The van der Waals surface area contributed by atoms with Crippen LogP contribution in [-0.4, -0.2) is 52.2 Å². The topological polar surface area (TPSA) is 81.4 Å². The maximum absolute atomic E-state index is 12.5. The number of hydrogen-bond donors (Lipinski definition) is 0. The highest BCUT2D eigenvalue weighted by Gasteiger charge is 2.36. The van der Waals surface area contributed by atoms with Crippen molar-refractivity contribution < 1.29 is 14.1 Å². The molecule has 1 amide bonds. The number of pyridine rings is 1. The Morgan fingerprint density at radius 3 is 3.00 bits per heavy atom. The van der Waals surface area contributed by atoms with E-state index < -0.39 is 0 Å². The van der Waals surface area contributed by atoms with E-state index in [2.05, 4.69) is 15.1 Å². The molecule has 2 aromatic heterocycles. The van der Waals surface area contributed by atoms with Crippen LogP contribution in [0, 0.1) is 12.8 Å². The maximum Gasteiger partial charge on any atom is 0.255 e. The first-order chi connectivity index (χ1) is 12.2. The van der Waals surface area contributed by atoms with E-state index in [0.29, 0.717) is 43.4 Å². The number of ether oxygens (including phenoxy) is 1. The summed E-state index contributed by atoms with van der Waals surface area (Å²) in [5, 5.41) is 4.01. The molecule has 0 bridgehead atoms. The molecular weight excluding hydrogens is 320 g/mol. The van der Waals surface area contributed by atoms with Crippen LogP contribution < -0.4 is 0 Å². The Morgan fingerprint density at radius 1 is 1.40 bits per heavy atom. The SMILES string of the molecule is Cc1ncccc1C(=O)N1CC(c2nc(CCOCC3CC3)no2)C1. The third-order valence-electron chi connectivity index (χ3n) is 4.76. The van der Waals surface area contributed by atoms with Gasteiger partial charge in [-0.05, 0) is 37.8 Å². The lowest BCUT2D eigenvalue weighted by Crippen LogP contribution is -2.48. The average Bonchev–Trinajstić information content (AvgIpc) is 3.28. The van der Waals surface area contributed by atoms with E-state index >= 15 is 0 Å². The van der Waals surface area contributed by atoms with Crippen molar-refractivity contribution in [2.45, 2.75) is 32.1 Å². The van der Waals surface area contributed by atoms with Crippen molar-refractivity contribution in [1.82, 2.24) is 20.0 Å². The number of amides is 1. The van der Waals surface area contributed by atoms with Gasteiger partial charge in [0.25, 0.3) is 5.91 Å². The predicted molar refractivity (Wildman–Crippen MR) is 89.2 cm³/mol. The molecule has 0 aromatic carbocycles. The van der Waals surface area contributed by atoms with Crippen molar-refractivity contribution in [2.75, 3.05) is 26.3 Å². The van der Waals surface area contributed by atoms with Gasteiger partial charge in [0.15, 0.2) is 5.82 Å². The number of likely N-dealkylation sites (tertiary alicyclic amines) is 1. The molecule has 0 unspecified atom stereocenters. The fourth-order valence-corrected chi connectivity index (χ4v) is 2.91. The van der Waals surface area contributed by atoms with Gasteiger partial charge in [0, 0.05) is 38.0 Å². The van der Waals surface area contributed by atoms with Gasteiger partial charge in [0.1, 0.15) is 0 Å². The number of carbonyl (C=O) groups is 1. The summed E-state index contributed by atoms with van der Waals surface area (Å²) in [5.74, 6) is 2.19. The summed E-state index contributed by atoms with van der Waals surface area (Å²) in [6.07, 6.45) is 4.95. The van der Waals surface area contributed by atoms with Gasteiger partial charge in [0.2, 0.25) is 5.89 Å². The first-order valence-electron chi connectivity index (χ1n) is 8.82. The minimum absolute atomic E-state index is 0.00932. The third kappa shape index (κ3) is 3.71. The largest absolute Gasteiger partial charge is 0.381 e. The zero-order chi connectivity index (χ0) is 17.2. The minimum atomic E-state index is 0.00932. The van der Waals surface area contributed by atoms with Crippen LogP contribution in [0.15, 0.2) is 22.9 Å². The number of carbonyl (C=O) groups excluding carboxylic acids is 1. The molecule has 0 radical (unpaired) electrons. The molecule has 7 heteroatoms. The Balaban J connectivity index is 1.26. The second-order valence-electron chi connectivity index (χ2n) is 6.86. The van der Waals surface area contributed by atoms with Crippen LogP contribution in [0.3, 0.4) is 0 Å². The zero-order valence-corrected chi connectivity index (χ0v) is 14.4.